The molecule has 0 radical (unpaired) electrons. The van der Waals surface area contributed by atoms with E-state index >= 15 is 0 Å². The van der Waals surface area contributed by atoms with Crippen molar-refractivity contribution in [1.82, 2.24) is 0 Å². The van der Waals surface area contributed by atoms with Gasteiger partial charge in [0.2, 0.25) is 5.75 Å². The molecule has 2 aromatic carbocycles. The van der Waals surface area contributed by atoms with Crippen LogP contribution in [0.1, 0.15) is 22.8 Å². The Morgan fingerprint density at radius 1 is 1.00 bits per heavy atom. The molecule has 134 valence electrons. The number of nitrogens with one attached hydrogen (secondary N) is 1. The SMILES string of the molecule is CCSCc1ccc(C(=O)Nc2cc(OC)c(OC)c(OC)c2)cc1. The predicted octanol–water partition coefficient (Wildman–Crippen LogP) is 4.22. The van der Waals surface area contributed by atoms with Gasteiger partial charge in [-0.2, -0.15) is 11.8 Å². The summed E-state index contributed by atoms with van der Waals surface area (Å²) < 4.78 is 15.9. The summed E-state index contributed by atoms with van der Waals surface area (Å²) in [5, 5.41) is 2.86. The fourth-order valence-electron chi connectivity index (χ4n) is 2.33. The van der Waals surface area contributed by atoms with E-state index in [0.29, 0.717) is 28.5 Å². The molecule has 1 amide bonds. The summed E-state index contributed by atoms with van der Waals surface area (Å²) in [6.07, 6.45) is 0. The van der Waals surface area contributed by atoms with Crippen LogP contribution in [-0.2, 0) is 5.75 Å². The minimum Gasteiger partial charge on any atom is -0.493 e. The van der Waals surface area contributed by atoms with Gasteiger partial charge in [-0.05, 0) is 23.4 Å². The summed E-state index contributed by atoms with van der Waals surface area (Å²) in [6, 6.07) is 11.0. The van der Waals surface area contributed by atoms with Crippen LogP contribution in [0.4, 0.5) is 5.69 Å². The minimum absolute atomic E-state index is 0.191. The molecule has 0 unspecified atom stereocenters. The number of carbonyl (C=O) groups excluding carboxylic acids is 1. The Balaban J connectivity index is 2.17. The van der Waals surface area contributed by atoms with Crippen molar-refractivity contribution in [2.45, 2.75) is 12.7 Å². The highest BCUT2D eigenvalue weighted by atomic mass is 32.2. The van der Waals surface area contributed by atoms with Crippen molar-refractivity contribution in [1.29, 1.82) is 0 Å². The fourth-order valence-corrected chi connectivity index (χ4v) is 2.96. The third-order valence-corrected chi connectivity index (χ3v) is 4.56. The summed E-state index contributed by atoms with van der Waals surface area (Å²) >= 11 is 1.85. The van der Waals surface area contributed by atoms with Gasteiger partial charge < -0.3 is 19.5 Å². The zero-order valence-corrected chi connectivity index (χ0v) is 15.7. The maximum Gasteiger partial charge on any atom is 0.255 e. The zero-order valence-electron chi connectivity index (χ0n) is 14.9. The number of benzene rings is 2. The van der Waals surface area contributed by atoms with Crippen LogP contribution >= 0.6 is 11.8 Å². The number of amides is 1. The van der Waals surface area contributed by atoms with E-state index in [0.717, 1.165) is 11.5 Å². The van der Waals surface area contributed by atoms with E-state index in [4.69, 9.17) is 14.2 Å². The maximum absolute atomic E-state index is 12.5. The highest BCUT2D eigenvalue weighted by Crippen LogP contribution is 2.40. The van der Waals surface area contributed by atoms with E-state index in [2.05, 4.69) is 12.2 Å². The van der Waals surface area contributed by atoms with Crippen LogP contribution in [0.3, 0.4) is 0 Å². The molecule has 0 aliphatic heterocycles. The summed E-state index contributed by atoms with van der Waals surface area (Å²) in [6.45, 7) is 2.13. The van der Waals surface area contributed by atoms with E-state index in [9.17, 15) is 4.79 Å². The number of rotatable bonds is 8. The molecular weight excluding hydrogens is 338 g/mol. The van der Waals surface area contributed by atoms with Gasteiger partial charge in [0, 0.05) is 29.1 Å². The highest BCUT2D eigenvalue weighted by Gasteiger charge is 2.15. The van der Waals surface area contributed by atoms with Gasteiger partial charge in [-0.25, -0.2) is 0 Å². The van der Waals surface area contributed by atoms with Crippen molar-refractivity contribution in [3.05, 3.63) is 47.5 Å². The first kappa shape index (κ1) is 19.0. The third-order valence-electron chi connectivity index (χ3n) is 3.61. The van der Waals surface area contributed by atoms with Gasteiger partial charge in [-0.15, -0.1) is 0 Å². The average Bonchev–Trinajstić information content (AvgIpc) is 2.65. The number of ether oxygens (including phenoxy) is 3. The molecule has 0 saturated carbocycles. The molecule has 0 fully saturated rings. The van der Waals surface area contributed by atoms with Gasteiger partial charge in [0.1, 0.15) is 0 Å². The summed E-state index contributed by atoms with van der Waals surface area (Å²) in [7, 11) is 4.61. The topological polar surface area (TPSA) is 56.8 Å². The summed E-state index contributed by atoms with van der Waals surface area (Å²) in [5.74, 6) is 3.30. The number of hydrogen-bond acceptors (Lipinski definition) is 5. The van der Waals surface area contributed by atoms with E-state index < -0.39 is 0 Å². The Morgan fingerprint density at radius 3 is 2.08 bits per heavy atom. The van der Waals surface area contributed by atoms with E-state index in [1.165, 1.54) is 26.9 Å². The van der Waals surface area contributed by atoms with Crippen molar-refractivity contribution >= 4 is 23.4 Å². The second-order valence-electron chi connectivity index (χ2n) is 5.20. The Hall–Kier alpha value is -2.34. The van der Waals surface area contributed by atoms with Gasteiger partial charge in [0.05, 0.1) is 21.3 Å². The number of anilines is 1. The number of hydrogen-bond donors (Lipinski definition) is 1. The highest BCUT2D eigenvalue weighted by molar-refractivity contribution is 7.98. The molecule has 0 aliphatic carbocycles. The van der Waals surface area contributed by atoms with E-state index in [1.54, 1.807) is 12.1 Å². The quantitative estimate of drug-likeness (QED) is 0.763. The van der Waals surface area contributed by atoms with Crippen molar-refractivity contribution in [2.24, 2.45) is 0 Å². The first-order valence-corrected chi connectivity index (χ1v) is 9.06. The minimum atomic E-state index is -0.191. The largest absolute Gasteiger partial charge is 0.493 e. The Labute approximate surface area is 152 Å². The van der Waals surface area contributed by atoms with Crippen LogP contribution in [0.5, 0.6) is 17.2 Å². The van der Waals surface area contributed by atoms with Crippen LogP contribution in [0.2, 0.25) is 0 Å². The number of carbonyl (C=O) groups is 1. The molecule has 6 heteroatoms. The lowest BCUT2D eigenvalue weighted by molar-refractivity contribution is 0.102. The van der Waals surface area contributed by atoms with Gasteiger partial charge in [0.15, 0.2) is 11.5 Å². The van der Waals surface area contributed by atoms with Crippen LogP contribution in [0.25, 0.3) is 0 Å². The van der Waals surface area contributed by atoms with Crippen LogP contribution in [-0.4, -0.2) is 33.0 Å². The molecule has 0 spiro atoms. The third kappa shape index (κ3) is 4.82. The monoisotopic (exact) mass is 361 g/mol. The Kier molecular flexibility index (Phi) is 7.01. The van der Waals surface area contributed by atoms with Gasteiger partial charge in [0.25, 0.3) is 5.91 Å². The summed E-state index contributed by atoms with van der Waals surface area (Å²) in [5.41, 5.74) is 2.38. The molecular formula is C19H23NO4S. The van der Waals surface area contributed by atoms with Crippen LogP contribution < -0.4 is 19.5 Å². The molecule has 25 heavy (non-hydrogen) atoms. The van der Waals surface area contributed by atoms with E-state index in [-0.39, 0.29) is 5.91 Å². The zero-order chi connectivity index (χ0) is 18.2. The lowest BCUT2D eigenvalue weighted by atomic mass is 10.1. The lowest BCUT2D eigenvalue weighted by Crippen LogP contribution is -2.12. The molecule has 0 atom stereocenters. The molecule has 0 bridgehead atoms. The average molecular weight is 361 g/mol. The van der Waals surface area contributed by atoms with Crippen molar-refractivity contribution in [3.8, 4) is 17.2 Å². The molecule has 2 aromatic rings. The molecule has 0 aromatic heterocycles. The van der Waals surface area contributed by atoms with Crippen LogP contribution in [0.15, 0.2) is 36.4 Å². The Morgan fingerprint density at radius 2 is 1.60 bits per heavy atom. The lowest BCUT2D eigenvalue weighted by Gasteiger charge is -2.14. The summed E-state index contributed by atoms with van der Waals surface area (Å²) in [4.78, 5) is 12.5. The van der Waals surface area contributed by atoms with Gasteiger partial charge >= 0.3 is 0 Å². The predicted molar refractivity (Wildman–Crippen MR) is 102 cm³/mol. The molecule has 0 aliphatic rings. The van der Waals surface area contributed by atoms with Gasteiger partial charge in [-0.3, -0.25) is 4.79 Å². The van der Waals surface area contributed by atoms with Crippen LogP contribution in [0, 0.1) is 0 Å². The molecule has 2 rings (SSSR count). The molecule has 5 nitrogen and oxygen atoms in total. The van der Waals surface area contributed by atoms with Gasteiger partial charge in [-0.1, -0.05) is 19.1 Å². The van der Waals surface area contributed by atoms with Crippen molar-refractivity contribution in [2.75, 3.05) is 32.4 Å². The standard InChI is InChI=1S/C19H23NO4S/c1-5-25-12-13-6-8-14(9-7-13)19(21)20-15-10-16(22-2)18(24-4)17(11-15)23-3/h6-11H,5,12H2,1-4H3,(H,20,21). The smallest absolute Gasteiger partial charge is 0.255 e. The first-order chi connectivity index (χ1) is 12.1. The van der Waals surface area contributed by atoms with Crippen molar-refractivity contribution < 1.29 is 19.0 Å². The Bertz CT molecular complexity index is 691. The first-order valence-electron chi connectivity index (χ1n) is 7.91. The molecule has 0 saturated heterocycles. The fraction of sp³-hybridized carbons (Fsp3) is 0.316. The maximum atomic E-state index is 12.5. The molecule has 1 N–H and O–H groups in total. The number of methoxy groups -OCH3 is 3. The number of thioether (sulfide) groups is 1. The normalized spacial score (nSPS) is 10.2. The van der Waals surface area contributed by atoms with Crippen molar-refractivity contribution in [3.63, 3.8) is 0 Å². The van der Waals surface area contributed by atoms with E-state index in [1.807, 2.05) is 36.0 Å². The second-order valence-corrected chi connectivity index (χ2v) is 6.48. The molecule has 0 heterocycles. The second kappa shape index (κ2) is 9.22.